The van der Waals surface area contributed by atoms with Crippen molar-refractivity contribution in [1.29, 1.82) is 0 Å². The highest BCUT2D eigenvalue weighted by molar-refractivity contribution is 5.28. The van der Waals surface area contributed by atoms with Gasteiger partial charge in [-0.25, -0.2) is 0 Å². The molecule has 1 heteroatoms. The number of rotatable bonds is 4. The number of nitrogens with zero attached hydrogens (tertiary/aromatic N) is 1. The van der Waals surface area contributed by atoms with E-state index < -0.39 is 0 Å². The Morgan fingerprint density at radius 1 is 1.00 bits per heavy atom. The van der Waals surface area contributed by atoms with Crippen molar-refractivity contribution in [2.75, 3.05) is 6.54 Å². The summed E-state index contributed by atoms with van der Waals surface area (Å²) in [5, 5.41) is 0. The van der Waals surface area contributed by atoms with Gasteiger partial charge in [0, 0.05) is 25.0 Å². The third-order valence-corrected chi connectivity index (χ3v) is 3.96. The van der Waals surface area contributed by atoms with Crippen LogP contribution in [0.15, 0.2) is 73.3 Å². The minimum atomic E-state index is 0.461. The van der Waals surface area contributed by atoms with E-state index in [-0.39, 0.29) is 0 Å². The molecule has 0 N–H and O–H groups in total. The maximum atomic E-state index is 4.01. The van der Waals surface area contributed by atoms with E-state index in [1.165, 1.54) is 11.1 Å². The molecule has 2 aromatic carbocycles. The first-order chi connectivity index (χ1) is 9.38. The van der Waals surface area contributed by atoms with Gasteiger partial charge in [0.2, 0.25) is 0 Å². The van der Waals surface area contributed by atoms with Gasteiger partial charge >= 0.3 is 0 Å². The van der Waals surface area contributed by atoms with E-state index >= 15 is 0 Å². The Kier molecular flexibility index (Phi) is 3.47. The van der Waals surface area contributed by atoms with Gasteiger partial charge in [0.05, 0.1) is 0 Å². The molecule has 0 aromatic heterocycles. The zero-order chi connectivity index (χ0) is 13.1. The van der Waals surface area contributed by atoms with E-state index in [0.29, 0.717) is 12.0 Å². The molecule has 2 atom stereocenters. The summed E-state index contributed by atoms with van der Waals surface area (Å²) in [5.74, 6) is 0.599. The summed E-state index contributed by atoms with van der Waals surface area (Å²) in [5.41, 5.74) is 2.80. The summed E-state index contributed by atoms with van der Waals surface area (Å²) >= 11 is 0. The SMILES string of the molecule is C=C[C@H]1[C@H](c2ccccc2)CN1Cc1ccccc1. The van der Waals surface area contributed by atoms with Gasteiger partial charge in [0.25, 0.3) is 0 Å². The van der Waals surface area contributed by atoms with E-state index in [9.17, 15) is 0 Å². The van der Waals surface area contributed by atoms with Gasteiger partial charge < -0.3 is 0 Å². The fraction of sp³-hybridized carbons (Fsp3) is 0.222. The highest BCUT2D eigenvalue weighted by Crippen LogP contribution is 2.35. The van der Waals surface area contributed by atoms with E-state index in [2.05, 4.69) is 78.2 Å². The molecular weight excluding hydrogens is 230 g/mol. The number of likely N-dealkylation sites (tertiary alicyclic amines) is 1. The van der Waals surface area contributed by atoms with Crippen LogP contribution in [-0.4, -0.2) is 17.5 Å². The van der Waals surface area contributed by atoms with Crippen molar-refractivity contribution in [3.05, 3.63) is 84.4 Å². The molecule has 1 aliphatic rings. The lowest BCUT2D eigenvalue weighted by molar-refractivity contribution is 0.0846. The molecule has 0 spiro atoms. The van der Waals surface area contributed by atoms with Gasteiger partial charge in [-0.1, -0.05) is 66.7 Å². The van der Waals surface area contributed by atoms with Crippen LogP contribution < -0.4 is 0 Å². The smallest absolute Gasteiger partial charge is 0.0360 e. The molecule has 19 heavy (non-hydrogen) atoms. The molecule has 1 nitrogen and oxygen atoms in total. The molecular formula is C18H19N. The van der Waals surface area contributed by atoms with Gasteiger partial charge in [0.15, 0.2) is 0 Å². The standard InChI is InChI=1S/C18H19N/c1-2-18-17(16-11-7-4-8-12-16)14-19(18)13-15-9-5-3-6-10-15/h2-12,17-18H,1,13-14H2/t17-,18-/m0/s1. The fourth-order valence-corrected chi connectivity index (χ4v) is 2.90. The van der Waals surface area contributed by atoms with Crippen LogP contribution in [0.4, 0.5) is 0 Å². The van der Waals surface area contributed by atoms with Crippen LogP contribution in [0.2, 0.25) is 0 Å². The van der Waals surface area contributed by atoms with Gasteiger partial charge in [-0.2, -0.15) is 0 Å². The molecule has 0 bridgehead atoms. The van der Waals surface area contributed by atoms with Crippen LogP contribution in [0.3, 0.4) is 0 Å². The highest BCUT2D eigenvalue weighted by atomic mass is 15.2. The first kappa shape index (κ1) is 12.2. The Balaban J connectivity index is 1.69. The maximum Gasteiger partial charge on any atom is 0.0360 e. The zero-order valence-electron chi connectivity index (χ0n) is 11.1. The van der Waals surface area contributed by atoms with Crippen molar-refractivity contribution in [1.82, 2.24) is 4.90 Å². The van der Waals surface area contributed by atoms with Crippen molar-refractivity contribution in [2.45, 2.75) is 18.5 Å². The molecule has 0 unspecified atom stereocenters. The minimum Gasteiger partial charge on any atom is -0.291 e. The lowest BCUT2D eigenvalue weighted by Crippen LogP contribution is -2.52. The number of hydrogen-bond acceptors (Lipinski definition) is 1. The largest absolute Gasteiger partial charge is 0.291 e. The molecule has 0 amide bonds. The topological polar surface area (TPSA) is 3.24 Å². The molecule has 0 aliphatic carbocycles. The van der Waals surface area contributed by atoms with Crippen LogP contribution >= 0.6 is 0 Å². The monoisotopic (exact) mass is 249 g/mol. The van der Waals surface area contributed by atoms with Crippen LogP contribution in [0.5, 0.6) is 0 Å². The first-order valence-corrected chi connectivity index (χ1v) is 6.84. The summed E-state index contributed by atoms with van der Waals surface area (Å²) in [6.45, 7) is 6.14. The Bertz CT molecular complexity index is 532. The van der Waals surface area contributed by atoms with E-state index in [1.54, 1.807) is 0 Å². The second-order valence-corrected chi connectivity index (χ2v) is 5.16. The molecule has 0 radical (unpaired) electrons. The molecule has 2 aromatic rings. The average molecular weight is 249 g/mol. The summed E-state index contributed by atoms with van der Waals surface area (Å²) < 4.78 is 0. The maximum absolute atomic E-state index is 4.01. The first-order valence-electron chi connectivity index (χ1n) is 6.84. The summed E-state index contributed by atoms with van der Waals surface area (Å²) in [4.78, 5) is 2.49. The zero-order valence-corrected chi connectivity index (χ0v) is 11.1. The average Bonchev–Trinajstić information content (AvgIpc) is 2.45. The Morgan fingerprint density at radius 3 is 2.26 bits per heavy atom. The van der Waals surface area contributed by atoms with Crippen LogP contribution in [0.25, 0.3) is 0 Å². The van der Waals surface area contributed by atoms with Gasteiger partial charge in [-0.05, 0) is 11.1 Å². The van der Waals surface area contributed by atoms with Crippen molar-refractivity contribution < 1.29 is 0 Å². The second kappa shape index (κ2) is 5.41. The molecule has 1 fully saturated rings. The quantitative estimate of drug-likeness (QED) is 0.744. The van der Waals surface area contributed by atoms with Crippen molar-refractivity contribution in [2.24, 2.45) is 0 Å². The van der Waals surface area contributed by atoms with Gasteiger partial charge in [-0.3, -0.25) is 4.90 Å². The lowest BCUT2D eigenvalue weighted by Gasteiger charge is -2.47. The third kappa shape index (κ3) is 2.47. The van der Waals surface area contributed by atoms with Crippen molar-refractivity contribution >= 4 is 0 Å². The summed E-state index contributed by atoms with van der Waals surface area (Å²) in [6, 6.07) is 21.9. The predicted molar refractivity (Wildman–Crippen MR) is 80.0 cm³/mol. The van der Waals surface area contributed by atoms with Gasteiger partial charge in [-0.15, -0.1) is 6.58 Å². The summed E-state index contributed by atoms with van der Waals surface area (Å²) in [7, 11) is 0. The van der Waals surface area contributed by atoms with E-state index in [1.807, 2.05) is 0 Å². The second-order valence-electron chi connectivity index (χ2n) is 5.16. The molecule has 96 valence electrons. The predicted octanol–water partition coefficient (Wildman–Crippen LogP) is 3.84. The Hall–Kier alpha value is -1.86. The van der Waals surface area contributed by atoms with Crippen LogP contribution in [-0.2, 0) is 6.54 Å². The number of hydrogen-bond donors (Lipinski definition) is 0. The molecule has 1 heterocycles. The van der Waals surface area contributed by atoms with Gasteiger partial charge in [0.1, 0.15) is 0 Å². The lowest BCUT2D eigenvalue weighted by atomic mass is 9.82. The van der Waals surface area contributed by atoms with E-state index in [4.69, 9.17) is 0 Å². The fourth-order valence-electron chi connectivity index (χ4n) is 2.90. The van der Waals surface area contributed by atoms with Crippen molar-refractivity contribution in [3.8, 4) is 0 Å². The Morgan fingerprint density at radius 2 is 1.63 bits per heavy atom. The summed E-state index contributed by atoms with van der Waals surface area (Å²) in [6.07, 6.45) is 2.09. The molecule has 3 rings (SSSR count). The van der Waals surface area contributed by atoms with Crippen molar-refractivity contribution in [3.63, 3.8) is 0 Å². The van der Waals surface area contributed by atoms with Crippen LogP contribution in [0.1, 0.15) is 17.0 Å². The molecule has 0 saturated carbocycles. The highest BCUT2D eigenvalue weighted by Gasteiger charge is 2.37. The normalized spacial score (nSPS) is 22.7. The Labute approximate surface area is 115 Å². The van der Waals surface area contributed by atoms with Crippen LogP contribution in [0, 0.1) is 0 Å². The number of benzene rings is 2. The minimum absolute atomic E-state index is 0.461. The third-order valence-electron chi connectivity index (χ3n) is 3.96. The van der Waals surface area contributed by atoms with E-state index in [0.717, 1.165) is 13.1 Å². The molecule has 1 aliphatic heterocycles. The molecule has 1 saturated heterocycles.